The lowest BCUT2D eigenvalue weighted by atomic mass is 10.00. The lowest BCUT2D eigenvalue weighted by molar-refractivity contribution is -0.384. The standard InChI is InChI=1S/C13H18N2O2.C3H8/c1-11-3-2-8-14(9-11)10-12-4-6-13(7-5-12)15(16)17;1-3-2/h4-7,11H,2-3,8-10H2,1H3;3H2,1-2H3/t11-;/m1./s1. The van der Waals surface area contributed by atoms with Gasteiger partial charge in [0.05, 0.1) is 4.92 Å². The third-order valence-electron chi connectivity index (χ3n) is 3.29. The Labute approximate surface area is 121 Å². The van der Waals surface area contributed by atoms with E-state index in [9.17, 15) is 10.1 Å². The highest BCUT2D eigenvalue weighted by Crippen LogP contribution is 2.19. The molecule has 1 aromatic rings. The van der Waals surface area contributed by atoms with Crippen molar-refractivity contribution < 1.29 is 4.92 Å². The zero-order valence-electron chi connectivity index (χ0n) is 12.8. The maximum atomic E-state index is 10.5. The lowest BCUT2D eigenvalue weighted by Crippen LogP contribution is -2.33. The molecule has 1 fully saturated rings. The number of benzene rings is 1. The van der Waals surface area contributed by atoms with Gasteiger partial charge in [-0.2, -0.15) is 0 Å². The van der Waals surface area contributed by atoms with E-state index in [0.29, 0.717) is 0 Å². The fraction of sp³-hybridized carbons (Fsp3) is 0.625. The molecular weight excluding hydrogens is 252 g/mol. The van der Waals surface area contributed by atoms with Crippen molar-refractivity contribution in [3.63, 3.8) is 0 Å². The summed E-state index contributed by atoms with van der Waals surface area (Å²) in [5, 5.41) is 10.5. The minimum absolute atomic E-state index is 0.167. The van der Waals surface area contributed by atoms with E-state index in [4.69, 9.17) is 0 Å². The number of rotatable bonds is 3. The van der Waals surface area contributed by atoms with Crippen LogP contribution < -0.4 is 0 Å². The van der Waals surface area contributed by atoms with Crippen LogP contribution in [0, 0.1) is 16.0 Å². The summed E-state index contributed by atoms with van der Waals surface area (Å²) in [4.78, 5) is 12.6. The average molecular weight is 278 g/mol. The van der Waals surface area contributed by atoms with E-state index >= 15 is 0 Å². The molecule has 0 N–H and O–H groups in total. The van der Waals surface area contributed by atoms with E-state index in [-0.39, 0.29) is 10.6 Å². The van der Waals surface area contributed by atoms with E-state index in [0.717, 1.165) is 31.1 Å². The number of likely N-dealkylation sites (tertiary alicyclic amines) is 1. The van der Waals surface area contributed by atoms with Crippen molar-refractivity contribution in [1.29, 1.82) is 0 Å². The number of nitro groups is 1. The molecule has 2 rings (SSSR count). The molecule has 1 aromatic carbocycles. The Kier molecular flexibility index (Phi) is 7.23. The molecule has 1 heterocycles. The number of nitrogens with zero attached hydrogens (tertiary/aromatic N) is 2. The Morgan fingerprint density at radius 1 is 1.30 bits per heavy atom. The Balaban J connectivity index is 0.000000612. The van der Waals surface area contributed by atoms with Crippen molar-refractivity contribution >= 4 is 5.69 Å². The summed E-state index contributed by atoms with van der Waals surface area (Å²) in [5.74, 6) is 0.766. The number of nitro benzene ring substituents is 1. The summed E-state index contributed by atoms with van der Waals surface area (Å²) in [7, 11) is 0. The van der Waals surface area contributed by atoms with Crippen molar-refractivity contribution in [3.8, 4) is 0 Å². The first-order valence-corrected chi connectivity index (χ1v) is 7.52. The van der Waals surface area contributed by atoms with Crippen LogP contribution in [0.15, 0.2) is 24.3 Å². The minimum atomic E-state index is -0.354. The third kappa shape index (κ3) is 5.70. The largest absolute Gasteiger partial charge is 0.299 e. The maximum absolute atomic E-state index is 10.5. The van der Waals surface area contributed by atoms with Gasteiger partial charge < -0.3 is 0 Å². The number of hydrogen-bond acceptors (Lipinski definition) is 3. The van der Waals surface area contributed by atoms with Crippen LogP contribution in [0.25, 0.3) is 0 Å². The molecule has 1 aliphatic heterocycles. The SMILES string of the molecule is CCC.C[C@@H]1CCCN(Cc2ccc([N+](=O)[O-])cc2)C1. The highest BCUT2D eigenvalue weighted by atomic mass is 16.6. The zero-order valence-corrected chi connectivity index (χ0v) is 12.8. The Hall–Kier alpha value is -1.42. The number of piperidine rings is 1. The second-order valence-electron chi connectivity index (χ2n) is 5.61. The van der Waals surface area contributed by atoms with E-state index in [1.807, 2.05) is 12.1 Å². The molecule has 0 amide bonds. The summed E-state index contributed by atoms with van der Waals surface area (Å²) in [6.45, 7) is 9.71. The van der Waals surface area contributed by atoms with Gasteiger partial charge >= 0.3 is 0 Å². The topological polar surface area (TPSA) is 46.4 Å². The van der Waals surface area contributed by atoms with Gasteiger partial charge in [-0.25, -0.2) is 0 Å². The summed E-state index contributed by atoms with van der Waals surface area (Å²) >= 11 is 0. The number of hydrogen-bond donors (Lipinski definition) is 0. The highest BCUT2D eigenvalue weighted by Gasteiger charge is 2.16. The van der Waals surface area contributed by atoms with Crippen molar-refractivity contribution in [1.82, 2.24) is 4.90 Å². The molecule has 1 saturated heterocycles. The van der Waals surface area contributed by atoms with Gasteiger partial charge in [0.1, 0.15) is 0 Å². The van der Waals surface area contributed by atoms with E-state index in [1.54, 1.807) is 12.1 Å². The fourth-order valence-corrected chi connectivity index (χ4v) is 2.41. The predicted molar refractivity (Wildman–Crippen MR) is 82.7 cm³/mol. The van der Waals surface area contributed by atoms with Gasteiger partial charge in [-0.1, -0.05) is 39.3 Å². The van der Waals surface area contributed by atoms with E-state index < -0.39 is 0 Å². The van der Waals surface area contributed by atoms with Crippen LogP contribution in [0.3, 0.4) is 0 Å². The van der Waals surface area contributed by atoms with Crippen molar-refractivity contribution in [2.45, 2.75) is 46.6 Å². The second-order valence-corrected chi connectivity index (χ2v) is 5.61. The van der Waals surface area contributed by atoms with Gasteiger partial charge in [-0.15, -0.1) is 0 Å². The Morgan fingerprint density at radius 3 is 2.40 bits per heavy atom. The minimum Gasteiger partial charge on any atom is -0.299 e. The zero-order chi connectivity index (χ0) is 15.0. The van der Waals surface area contributed by atoms with Crippen molar-refractivity contribution in [3.05, 3.63) is 39.9 Å². The second kappa shape index (κ2) is 8.69. The average Bonchev–Trinajstić information content (AvgIpc) is 2.40. The van der Waals surface area contributed by atoms with Crippen LogP contribution in [0.2, 0.25) is 0 Å². The predicted octanol–water partition coefficient (Wildman–Crippen LogP) is 4.24. The number of non-ortho nitro benzene ring substituents is 1. The Morgan fingerprint density at radius 2 is 1.90 bits per heavy atom. The molecule has 0 radical (unpaired) electrons. The molecule has 1 atom stereocenters. The van der Waals surface area contributed by atoms with Crippen molar-refractivity contribution in [2.75, 3.05) is 13.1 Å². The first kappa shape index (κ1) is 16.6. The van der Waals surface area contributed by atoms with Crippen LogP contribution in [-0.2, 0) is 6.54 Å². The Bertz CT molecular complexity index is 403. The molecule has 112 valence electrons. The van der Waals surface area contributed by atoms with Gasteiger partial charge in [0.15, 0.2) is 0 Å². The smallest absolute Gasteiger partial charge is 0.269 e. The highest BCUT2D eigenvalue weighted by molar-refractivity contribution is 5.32. The first-order chi connectivity index (χ1) is 9.56. The van der Waals surface area contributed by atoms with E-state index in [2.05, 4.69) is 25.7 Å². The molecule has 4 nitrogen and oxygen atoms in total. The van der Waals surface area contributed by atoms with Crippen LogP contribution in [-0.4, -0.2) is 22.9 Å². The molecule has 0 aliphatic carbocycles. The van der Waals surface area contributed by atoms with Gasteiger partial charge in [-0.3, -0.25) is 15.0 Å². The van der Waals surface area contributed by atoms with Crippen LogP contribution in [0.5, 0.6) is 0 Å². The monoisotopic (exact) mass is 278 g/mol. The molecule has 0 bridgehead atoms. The van der Waals surface area contributed by atoms with Gasteiger partial charge in [0.25, 0.3) is 5.69 Å². The van der Waals surface area contributed by atoms with E-state index in [1.165, 1.54) is 19.3 Å². The molecule has 0 aromatic heterocycles. The molecule has 4 heteroatoms. The molecular formula is C16H26N2O2. The first-order valence-electron chi connectivity index (χ1n) is 7.52. The lowest BCUT2D eigenvalue weighted by Gasteiger charge is -2.30. The molecule has 0 unspecified atom stereocenters. The summed E-state index contributed by atoms with van der Waals surface area (Å²) in [6.07, 6.45) is 3.82. The van der Waals surface area contributed by atoms with Crippen molar-refractivity contribution in [2.24, 2.45) is 5.92 Å². The fourth-order valence-electron chi connectivity index (χ4n) is 2.41. The van der Waals surface area contributed by atoms with Gasteiger partial charge in [-0.05, 0) is 30.9 Å². The van der Waals surface area contributed by atoms with Gasteiger partial charge in [0, 0.05) is 25.2 Å². The normalized spacial score (nSPS) is 19.1. The quantitative estimate of drug-likeness (QED) is 0.613. The molecule has 20 heavy (non-hydrogen) atoms. The van der Waals surface area contributed by atoms with Crippen LogP contribution in [0.1, 0.15) is 45.6 Å². The molecule has 0 saturated carbocycles. The van der Waals surface area contributed by atoms with Crippen LogP contribution >= 0.6 is 0 Å². The summed E-state index contributed by atoms with van der Waals surface area (Å²) < 4.78 is 0. The van der Waals surface area contributed by atoms with Gasteiger partial charge in [0.2, 0.25) is 0 Å². The molecule has 0 spiro atoms. The third-order valence-corrected chi connectivity index (χ3v) is 3.29. The summed E-state index contributed by atoms with van der Waals surface area (Å²) in [6, 6.07) is 6.89. The molecule has 1 aliphatic rings. The maximum Gasteiger partial charge on any atom is 0.269 e. The summed E-state index contributed by atoms with van der Waals surface area (Å²) in [5.41, 5.74) is 1.32. The van der Waals surface area contributed by atoms with Crippen LogP contribution in [0.4, 0.5) is 5.69 Å².